The Morgan fingerprint density at radius 3 is 2.25 bits per heavy atom. The molecule has 2 unspecified atom stereocenters. The smallest absolute Gasteiger partial charge is 0.303 e. The Bertz CT molecular complexity index is 670. The average molecular weight is 356 g/mol. The number of aliphatic carboxylic acids is 1. The molecule has 0 fully saturated rings. The second kappa shape index (κ2) is 8.79. The van der Waals surface area contributed by atoms with Gasteiger partial charge >= 0.3 is 5.97 Å². The zero-order chi connectivity index (χ0) is 18.3. The van der Waals surface area contributed by atoms with Gasteiger partial charge in [-0.3, -0.25) is 9.59 Å². The number of carboxylic acid groups (broad SMARTS) is 1. The number of benzene rings is 1. The van der Waals surface area contributed by atoms with Crippen molar-refractivity contribution in [1.82, 2.24) is 10.0 Å². The van der Waals surface area contributed by atoms with Gasteiger partial charge in [0.25, 0.3) is 5.91 Å². The number of hydrogen-bond donors (Lipinski definition) is 3. The quantitative estimate of drug-likeness (QED) is 0.622. The van der Waals surface area contributed by atoms with Gasteiger partial charge in [0.05, 0.1) is 4.90 Å². The third-order valence-corrected chi connectivity index (χ3v) is 5.14. The van der Waals surface area contributed by atoms with Crippen LogP contribution in [-0.4, -0.2) is 38.0 Å². The van der Waals surface area contributed by atoms with E-state index in [-0.39, 0.29) is 35.7 Å². The fourth-order valence-corrected chi connectivity index (χ4v) is 3.27. The van der Waals surface area contributed by atoms with Crippen LogP contribution in [0.5, 0.6) is 0 Å². The minimum Gasteiger partial charge on any atom is -0.481 e. The summed E-state index contributed by atoms with van der Waals surface area (Å²) in [6, 6.07) is 5.44. The lowest BCUT2D eigenvalue weighted by molar-refractivity contribution is -0.137. The Morgan fingerprint density at radius 2 is 1.75 bits per heavy atom. The molecule has 0 saturated heterocycles. The zero-order valence-electron chi connectivity index (χ0n) is 14.1. The van der Waals surface area contributed by atoms with E-state index in [1.165, 1.54) is 24.3 Å². The summed E-state index contributed by atoms with van der Waals surface area (Å²) < 4.78 is 26.8. The highest BCUT2D eigenvalue weighted by atomic mass is 32.2. The summed E-state index contributed by atoms with van der Waals surface area (Å²) >= 11 is 0. The lowest BCUT2D eigenvalue weighted by Crippen LogP contribution is -2.32. The zero-order valence-corrected chi connectivity index (χ0v) is 14.9. The van der Waals surface area contributed by atoms with Gasteiger partial charge < -0.3 is 10.4 Å². The van der Waals surface area contributed by atoms with Gasteiger partial charge in [-0.15, -0.1) is 0 Å². The van der Waals surface area contributed by atoms with Crippen LogP contribution in [0, 0.1) is 5.92 Å². The SMILES string of the molecule is CCC(C)NS(=O)(=O)c1ccc(C(=O)NCC(C)CC(=O)O)cc1. The molecule has 0 aromatic heterocycles. The molecule has 24 heavy (non-hydrogen) atoms. The maximum Gasteiger partial charge on any atom is 0.303 e. The third kappa shape index (κ3) is 6.29. The van der Waals surface area contributed by atoms with E-state index in [0.717, 1.165) is 0 Å². The lowest BCUT2D eigenvalue weighted by atomic mass is 10.1. The molecule has 0 aliphatic heterocycles. The number of rotatable bonds is 9. The Labute approximate surface area is 142 Å². The molecule has 3 N–H and O–H groups in total. The van der Waals surface area contributed by atoms with E-state index < -0.39 is 16.0 Å². The number of nitrogens with one attached hydrogen (secondary N) is 2. The van der Waals surface area contributed by atoms with Crippen LogP contribution in [0.2, 0.25) is 0 Å². The second-order valence-electron chi connectivity index (χ2n) is 5.87. The molecule has 8 heteroatoms. The summed E-state index contributed by atoms with van der Waals surface area (Å²) in [5.41, 5.74) is 0.319. The third-order valence-electron chi connectivity index (χ3n) is 3.53. The van der Waals surface area contributed by atoms with Crippen molar-refractivity contribution < 1.29 is 23.1 Å². The van der Waals surface area contributed by atoms with Crippen LogP contribution in [0.25, 0.3) is 0 Å². The molecular weight excluding hydrogens is 332 g/mol. The first-order chi connectivity index (χ1) is 11.2. The van der Waals surface area contributed by atoms with Crippen molar-refractivity contribution in [2.45, 2.75) is 44.6 Å². The summed E-state index contributed by atoms with van der Waals surface area (Å²) in [5, 5.41) is 11.3. The van der Waals surface area contributed by atoms with Crippen molar-refractivity contribution >= 4 is 21.9 Å². The van der Waals surface area contributed by atoms with E-state index in [2.05, 4.69) is 10.0 Å². The Kier molecular flexibility index (Phi) is 7.37. The fourth-order valence-electron chi connectivity index (χ4n) is 1.94. The van der Waals surface area contributed by atoms with E-state index in [9.17, 15) is 18.0 Å². The molecule has 0 bridgehead atoms. The number of hydrogen-bond acceptors (Lipinski definition) is 4. The van der Waals surface area contributed by atoms with Crippen LogP contribution in [0.15, 0.2) is 29.2 Å². The first kappa shape index (κ1) is 20.1. The summed E-state index contributed by atoms with van der Waals surface area (Å²) in [5.74, 6) is -1.47. The molecule has 1 aromatic rings. The highest BCUT2D eigenvalue weighted by molar-refractivity contribution is 7.89. The van der Waals surface area contributed by atoms with Gasteiger partial charge in [-0.25, -0.2) is 13.1 Å². The lowest BCUT2D eigenvalue weighted by Gasteiger charge is -2.13. The van der Waals surface area contributed by atoms with Crippen LogP contribution in [0.4, 0.5) is 0 Å². The molecule has 2 atom stereocenters. The predicted molar refractivity (Wildman–Crippen MR) is 90.3 cm³/mol. The van der Waals surface area contributed by atoms with Crippen LogP contribution in [0.3, 0.4) is 0 Å². The van der Waals surface area contributed by atoms with Gasteiger partial charge in [-0.1, -0.05) is 13.8 Å². The average Bonchev–Trinajstić information content (AvgIpc) is 2.51. The fraction of sp³-hybridized carbons (Fsp3) is 0.500. The molecule has 0 spiro atoms. The summed E-state index contributed by atoms with van der Waals surface area (Å²) in [6.45, 7) is 5.62. The van der Waals surface area contributed by atoms with E-state index in [4.69, 9.17) is 5.11 Å². The largest absolute Gasteiger partial charge is 0.481 e. The molecule has 0 aliphatic rings. The second-order valence-corrected chi connectivity index (χ2v) is 7.58. The maximum absolute atomic E-state index is 12.1. The molecule has 1 aromatic carbocycles. The molecule has 0 heterocycles. The maximum atomic E-state index is 12.1. The van der Waals surface area contributed by atoms with E-state index in [1.54, 1.807) is 13.8 Å². The van der Waals surface area contributed by atoms with E-state index in [1.807, 2.05) is 6.92 Å². The van der Waals surface area contributed by atoms with Gasteiger partial charge in [-0.2, -0.15) is 0 Å². The van der Waals surface area contributed by atoms with Gasteiger partial charge in [0, 0.05) is 24.6 Å². The number of carboxylic acids is 1. The van der Waals surface area contributed by atoms with Gasteiger partial charge in [0.2, 0.25) is 10.0 Å². The highest BCUT2D eigenvalue weighted by Gasteiger charge is 2.17. The van der Waals surface area contributed by atoms with Crippen LogP contribution < -0.4 is 10.0 Å². The van der Waals surface area contributed by atoms with Crippen molar-refractivity contribution in [2.75, 3.05) is 6.54 Å². The molecule has 134 valence electrons. The highest BCUT2D eigenvalue weighted by Crippen LogP contribution is 2.12. The van der Waals surface area contributed by atoms with Crippen molar-refractivity contribution in [3.05, 3.63) is 29.8 Å². The molecule has 7 nitrogen and oxygen atoms in total. The summed E-state index contributed by atoms with van der Waals surface area (Å²) in [4.78, 5) is 22.7. The van der Waals surface area contributed by atoms with Crippen LogP contribution >= 0.6 is 0 Å². The molecular formula is C16H24N2O5S. The van der Waals surface area contributed by atoms with Crippen molar-refractivity contribution in [3.63, 3.8) is 0 Å². The first-order valence-corrected chi connectivity index (χ1v) is 9.26. The van der Waals surface area contributed by atoms with Crippen LogP contribution in [0.1, 0.15) is 44.0 Å². The molecule has 1 amide bonds. The summed E-state index contributed by atoms with van der Waals surface area (Å²) in [6.07, 6.45) is 0.646. The van der Waals surface area contributed by atoms with Gasteiger partial charge in [0.1, 0.15) is 0 Å². The number of sulfonamides is 1. The van der Waals surface area contributed by atoms with Crippen molar-refractivity contribution in [2.24, 2.45) is 5.92 Å². The van der Waals surface area contributed by atoms with E-state index >= 15 is 0 Å². The number of carbonyl (C=O) groups is 2. The van der Waals surface area contributed by atoms with Gasteiger partial charge in [0.15, 0.2) is 0 Å². The summed E-state index contributed by atoms with van der Waals surface area (Å²) in [7, 11) is -3.60. The molecule has 1 rings (SSSR count). The topological polar surface area (TPSA) is 113 Å². The Balaban J connectivity index is 2.70. The Hall–Kier alpha value is -1.93. The van der Waals surface area contributed by atoms with Gasteiger partial charge in [-0.05, 0) is 43.5 Å². The first-order valence-electron chi connectivity index (χ1n) is 7.78. The monoisotopic (exact) mass is 356 g/mol. The standard InChI is InChI=1S/C16H24N2O5S/c1-4-12(3)18-24(22,23)14-7-5-13(6-8-14)16(21)17-10-11(2)9-15(19)20/h5-8,11-12,18H,4,9-10H2,1-3H3,(H,17,21)(H,19,20). The predicted octanol–water partition coefficient (Wildman–Crippen LogP) is 1.60. The minimum atomic E-state index is -3.60. The normalized spacial score (nSPS) is 14.0. The molecule has 0 aliphatic carbocycles. The number of carbonyl (C=O) groups excluding carboxylic acids is 1. The Morgan fingerprint density at radius 1 is 1.17 bits per heavy atom. The van der Waals surface area contributed by atoms with Crippen LogP contribution in [-0.2, 0) is 14.8 Å². The molecule has 0 radical (unpaired) electrons. The van der Waals surface area contributed by atoms with Crippen molar-refractivity contribution in [3.8, 4) is 0 Å². The minimum absolute atomic E-state index is 0.0290. The number of amides is 1. The van der Waals surface area contributed by atoms with E-state index in [0.29, 0.717) is 12.0 Å². The van der Waals surface area contributed by atoms with Crippen molar-refractivity contribution in [1.29, 1.82) is 0 Å². The molecule has 0 saturated carbocycles.